The van der Waals surface area contributed by atoms with Crippen LogP contribution in [0, 0.1) is 0 Å². The van der Waals surface area contributed by atoms with Crippen molar-refractivity contribution in [3.05, 3.63) is 53.2 Å². The zero-order valence-corrected chi connectivity index (χ0v) is 15.9. The van der Waals surface area contributed by atoms with Crippen LogP contribution < -0.4 is 5.32 Å². The van der Waals surface area contributed by atoms with E-state index < -0.39 is 16.1 Å². The van der Waals surface area contributed by atoms with Crippen LogP contribution in [0.1, 0.15) is 30.9 Å². The molecular weight excluding hydrogens is 374 g/mol. The van der Waals surface area contributed by atoms with Crippen LogP contribution in [0.2, 0.25) is 5.02 Å². The Balaban J connectivity index is 1.78. The molecule has 26 heavy (non-hydrogen) atoms. The van der Waals surface area contributed by atoms with Crippen LogP contribution in [0.5, 0.6) is 0 Å². The molecule has 0 radical (unpaired) electrons. The summed E-state index contributed by atoms with van der Waals surface area (Å²) in [4.78, 5) is 4.30. The Morgan fingerprint density at radius 3 is 2.62 bits per heavy atom. The molecule has 1 atom stereocenters. The van der Waals surface area contributed by atoms with E-state index in [-0.39, 0.29) is 17.3 Å². The quantitative estimate of drug-likeness (QED) is 0.785. The number of aliphatic hydroxyl groups excluding tert-OH is 1. The van der Waals surface area contributed by atoms with Gasteiger partial charge in [-0.3, -0.25) is 0 Å². The van der Waals surface area contributed by atoms with E-state index in [4.69, 9.17) is 11.6 Å². The summed E-state index contributed by atoms with van der Waals surface area (Å²) in [5.74, 6) is 0.240. The van der Waals surface area contributed by atoms with Crippen molar-refractivity contribution in [3.8, 4) is 0 Å². The topological polar surface area (TPSA) is 82.5 Å². The molecule has 2 aromatic rings. The number of nitrogens with zero attached hydrogens (tertiary/aromatic N) is 2. The summed E-state index contributed by atoms with van der Waals surface area (Å²) in [6, 6.07) is 10.2. The van der Waals surface area contributed by atoms with E-state index in [0.717, 1.165) is 19.3 Å². The van der Waals surface area contributed by atoms with Crippen LogP contribution in [0.15, 0.2) is 47.5 Å². The van der Waals surface area contributed by atoms with Gasteiger partial charge in [0.1, 0.15) is 10.7 Å². The normalized spacial score (nSPS) is 17.0. The van der Waals surface area contributed by atoms with Crippen molar-refractivity contribution in [3.63, 3.8) is 0 Å². The van der Waals surface area contributed by atoms with Crippen molar-refractivity contribution in [2.75, 3.05) is 25.0 Å². The molecule has 0 saturated carbocycles. The summed E-state index contributed by atoms with van der Waals surface area (Å²) in [7, 11) is -3.61. The number of anilines is 1. The van der Waals surface area contributed by atoms with E-state index >= 15 is 0 Å². The Morgan fingerprint density at radius 2 is 1.88 bits per heavy atom. The lowest BCUT2D eigenvalue weighted by molar-refractivity contribution is 0.191. The fourth-order valence-corrected chi connectivity index (χ4v) is 4.92. The molecule has 1 aromatic carbocycles. The van der Waals surface area contributed by atoms with Gasteiger partial charge in [0, 0.05) is 36.4 Å². The number of sulfonamides is 1. The average molecular weight is 396 g/mol. The highest BCUT2D eigenvalue weighted by Gasteiger charge is 2.28. The van der Waals surface area contributed by atoms with Gasteiger partial charge in [-0.2, -0.15) is 4.31 Å². The van der Waals surface area contributed by atoms with Crippen LogP contribution in [0.25, 0.3) is 0 Å². The van der Waals surface area contributed by atoms with Gasteiger partial charge in [0.05, 0.1) is 6.10 Å². The third kappa shape index (κ3) is 4.17. The van der Waals surface area contributed by atoms with Crippen LogP contribution in [0.3, 0.4) is 0 Å². The summed E-state index contributed by atoms with van der Waals surface area (Å²) in [6.07, 6.45) is 3.44. The zero-order chi connectivity index (χ0) is 18.6. The van der Waals surface area contributed by atoms with Gasteiger partial charge in [-0.1, -0.05) is 36.2 Å². The van der Waals surface area contributed by atoms with Gasteiger partial charge in [0.2, 0.25) is 10.0 Å². The van der Waals surface area contributed by atoms with Gasteiger partial charge >= 0.3 is 0 Å². The Morgan fingerprint density at radius 1 is 1.15 bits per heavy atom. The second-order valence-corrected chi connectivity index (χ2v) is 8.55. The van der Waals surface area contributed by atoms with Gasteiger partial charge in [0.15, 0.2) is 0 Å². The maximum absolute atomic E-state index is 12.9. The number of benzene rings is 1. The zero-order valence-electron chi connectivity index (χ0n) is 14.3. The lowest BCUT2D eigenvalue weighted by Gasteiger charge is -2.26. The van der Waals surface area contributed by atoms with Crippen LogP contribution in [-0.2, 0) is 10.0 Å². The van der Waals surface area contributed by atoms with Crippen LogP contribution in [0.4, 0.5) is 5.82 Å². The third-order valence-corrected chi connectivity index (χ3v) is 6.71. The molecular formula is C18H22ClN3O3S. The van der Waals surface area contributed by atoms with Gasteiger partial charge < -0.3 is 10.4 Å². The summed E-state index contributed by atoms with van der Waals surface area (Å²) in [5.41, 5.74) is 0.582. The number of aromatic nitrogens is 1. The first-order valence-electron chi connectivity index (χ1n) is 8.61. The lowest BCUT2D eigenvalue weighted by Crippen LogP contribution is -2.36. The molecule has 1 aromatic heterocycles. The summed E-state index contributed by atoms with van der Waals surface area (Å²) in [6.45, 7) is 1.15. The van der Waals surface area contributed by atoms with E-state index in [1.807, 2.05) is 0 Å². The molecule has 1 fully saturated rings. The van der Waals surface area contributed by atoms with E-state index in [2.05, 4.69) is 10.3 Å². The molecule has 1 aliphatic heterocycles. The van der Waals surface area contributed by atoms with Crippen molar-refractivity contribution in [1.29, 1.82) is 0 Å². The molecule has 0 bridgehead atoms. The molecule has 8 heteroatoms. The second kappa shape index (κ2) is 8.35. The highest BCUT2D eigenvalue weighted by atomic mass is 35.5. The monoisotopic (exact) mass is 395 g/mol. The van der Waals surface area contributed by atoms with E-state index in [1.165, 1.54) is 10.5 Å². The highest BCUT2D eigenvalue weighted by molar-refractivity contribution is 7.89. The molecule has 1 unspecified atom stereocenters. The first kappa shape index (κ1) is 19.1. The number of nitrogens with one attached hydrogen (secondary N) is 1. The molecule has 0 aliphatic carbocycles. The number of hydrogen-bond donors (Lipinski definition) is 2. The van der Waals surface area contributed by atoms with Gasteiger partial charge in [-0.25, -0.2) is 13.4 Å². The molecule has 1 saturated heterocycles. The predicted molar refractivity (Wildman–Crippen MR) is 102 cm³/mol. The maximum atomic E-state index is 12.9. The minimum absolute atomic E-state index is 0.100. The first-order chi connectivity index (χ1) is 12.5. The van der Waals surface area contributed by atoms with Gasteiger partial charge in [0.25, 0.3) is 0 Å². The average Bonchev–Trinajstić information content (AvgIpc) is 2.67. The fourth-order valence-electron chi connectivity index (χ4n) is 3.02. The molecule has 2 N–H and O–H groups in total. The van der Waals surface area contributed by atoms with E-state index in [0.29, 0.717) is 23.7 Å². The highest BCUT2D eigenvalue weighted by Crippen LogP contribution is 2.27. The van der Waals surface area contributed by atoms with Crippen LogP contribution in [-0.4, -0.2) is 42.4 Å². The van der Waals surface area contributed by atoms with Crippen LogP contribution >= 0.6 is 11.6 Å². The molecule has 2 heterocycles. The van der Waals surface area contributed by atoms with Crippen molar-refractivity contribution in [1.82, 2.24) is 9.29 Å². The van der Waals surface area contributed by atoms with Crippen molar-refractivity contribution in [2.45, 2.75) is 30.3 Å². The first-order valence-corrected chi connectivity index (χ1v) is 10.4. The maximum Gasteiger partial charge on any atom is 0.246 e. The third-order valence-electron chi connectivity index (χ3n) is 4.43. The Labute approximate surface area is 158 Å². The SMILES string of the molecule is O=S(=O)(c1cccnc1NCC(O)c1ccccc1Cl)N1CCCCC1. The van der Waals surface area contributed by atoms with Gasteiger partial charge in [-0.15, -0.1) is 0 Å². The smallest absolute Gasteiger partial charge is 0.246 e. The number of hydrogen-bond acceptors (Lipinski definition) is 5. The van der Waals surface area contributed by atoms with E-state index in [1.54, 1.807) is 36.4 Å². The standard InChI is InChI=1S/C18H22ClN3O3S/c19-15-8-3-2-7-14(15)16(23)13-21-18-17(9-6-10-20-18)26(24,25)22-11-4-1-5-12-22/h2-3,6-10,16,23H,1,4-5,11-13H2,(H,20,21). The summed E-state index contributed by atoms with van der Waals surface area (Å²) in [5, 5.41) is 13.8. The number of piperidine rings is 1. The van der Waals surface area contributed by atoms with Crippen molar-refractivity contribution in [2.24, 2.45) is 0 Å². The Kier molecular flexibility index (Phi) is 6.13. The molecule has 6 nitrogen and oxygen atoms in total. The molecule has 1 aliphatic rings. The van der Waals surface area contributed by atoms with Gasteiger partial charge in [-0.05, 0) is 31.0 Å². The fraction of sp³-hybridized carbons (Fsp3) is 0.389. The molecule has 0 spiro atoms. The Hall–Kier alpha value is -1.67. The van der Waals surface area contributed by atoms with E-state index in [9.17, 15) is 13.5 Å². The number of pyridine rings is 1. The number of aliphatic hydroxyl groups is 1. The lowest BCUT2D eigenvalue weighted by atomic mass is 10.1. The molecule has 3 rings (SSSR count). The Bertz CT molecular complexity index is 854. The largest absolute Gasteiger partial charge is 0.387 e. The second-order valence-electron chi connectivity index (χ2n) is 6.23. The van der Waals surface area contributed by atoms with Crippen molar-refractivity contribution < 1.29 is 13.5 Å². The molecule has 140 valence electrons. The predicted octanol–water partition coefficient (Wildman–Crippen LogP) is 3.06. The minimum Gasteiger partial charge on any atom is -0.387 e. The van der Waals surface area contributed by atoms with Crippen molar-refractivity contribution >= 4 is 27.4 Å². The number of rotatable bonds is 6. The minimum atomic E-state index is -3.61. The molecule has 0 amide bonds. The summed E-state index contributed by atoms with van der Waals surface area (Å²) < 4.78 is 27.4. The number of halogens is 1. The summed E-state index contributed by atoms with van der Waals surface area (Å²) >= 11 is 6.10.